The fraction of sp³-hybridized carbons (Fsp3) is 0.267. The molecule has 2 unspecified atom stereocenters. The molecule has 0 aliphatic rings. The molecule has 2 N–H and O–H groups in total. The van der Waals surface area contributed by atoms with E-state index in [0.717, 1.165) is 10.5 Å². The van der Waals surface area contributed by atoms with Gasteiger partial charge in [0, 0.05) is 5.56 Å². The average Bonchev–Trinajstić information content (AvgIpc) is 2.98. The minimum absolute atomic E-state index is 0.237. The second-order valence-electron chi connectivity index (χ2n) is 4.93. The summed E-state index contributed by atoms with van der Waals surface area (Å²) in [6.45, 7) is 0.629. The van der Waals surface area contributed by atoms with E-state index in [-0.39, 0.29) is 5.91 Å². The van der Waals surface area contributed by atoms with Crippen molar-refractivity contribution in [3.05, 3.63) is 58.3 Å². The van der Waals surface area contributed by atoms with E-state index < -0.39 is 9.96 Å². The SMILES string of the molecule is C[NH+](Cc1ccccc1)C(NC(=O)c1cccs1)C(Cl)(Cl)Cl. The fourth-order valence-electron chi connectivity index (χ4n) is 2.11. The third kappa shape index (κ3) is 4.86. The Hall–Kier alpha value is -0.780. The number of nitrogens with one attached hydrogen (secondary N) is 2. The summed E-state index contributed by atoms with van der Waals surface area (Å²) in [5.74, 6) is -0.237. The second kappa shape index (κ2) is 7.66. The summed E-state index contributed by atoms with van der Waals surface area (Å²) in [5.41, 5.74) is 1.10. The van der Waals surface area contributed by atoms with Gasteiger partial charge in [-0.3, -0.25) is 10.1 Å². The molecule has 118 valence electrons. The molecule has 1 aromatic carbocycles. The summed E-state index contributed by atoms with van der Waals surface area (Å²) >= 11 is 19.5. The minimum atomic E-state index is -1.61. The maximum Gasteiger partial charge on any atom is 0.265 e. The zero-order valence-electron chi connectivity index (χ0n) is 11.9. The van der Waals surface area contributed by atoms with Crippen LogP contribution in [0.4, 0.5) is 0 Å². The molecule has 2 aromatic rings. The first-order valence-corrected chi connectivity index (χ1v) is 8.66. The minimum Gasteiger partial charge on any atom is -0.310 e. The Morgan fingerprint density at radius 1 is 1.23 bits per heavy atom. The molecule has 0 saturated heterocycles. The van der Waals surface area contributed by atoms with Crippen LogP contribution in [0.1, 0.15) is 15.2 Å². The Bertz CT molecular complexity index is 599. The highest BCUT2D eigenvalue weighted by Crippen LogP contribution is 2.28. The monoisotopic (exact) mass is 377 g/mol. The molecular formula is C15H16Cl3N2OS+. The van der Waals surface area contributed by atoms with E-state index in [1.165, 1.54) is 11.3 Å². The number of quaternary nitrogens is 1. The van der Waals surface area contributed by atoms with E-state index in [2.05, 4.69) is 5.32 Å². The van der Waals surface area contributed by atoms with E-state index in [1.807, 2.05) is 48.8 Å². The number of alkyl halides is 3. The van der Waals surface area contributed by atoms with Crippen molar-refractivity contribution in [3.8, 4) is 0 Å². The quantitative estimate of drug-likeness (QED) is 0.609. The predicted octanol–water partition coefficient (Wildman–Crippen LogP) is 2.89. The molecule has 0 saturated carbocycles. The van der Waals surface area contributed by atoms with Gasteiger partial charge in [0.15, 0.2) is 0 Å². The van der Waals surface area contributed by atoms with Crippen molar-refractivity contribution >= 4 is 52.0 Å². The van der Waals surface area contributed by atoms with Crippen LogP contribution in [-0.4, -0.2) is 22.9 Å². The lowest BCUT2D eigenvalue weighted by atomic mass is 10.2. The van der Waals surface area contributed by atoms with Gasteiger partial charge in [0.05, 0.1) is 11.9 Å². The van der Waals surface area contributed by atoms with Gasteiger partial charge in [-0.1, -0.05) is 71.2 Å². The van der Waals surface area contributed by atoms with Gasteiger partial charge in [-0.15, -0.1) is 11.3 Å². The average molecular weight is 379 g/mol. The molecule has 0 aliphatic heterocycles. The van der Waals surface area contributed by atoms with E-state index in [4.69, 9.17) is 34.8 Å². The number of hydrogen-bond acceptors (Lipinski definition) is 2. The summed E-state index contributed by atoms with van der Waals surface area (Å²) in [6, 6.07) is 13.4. The number of carbonyl (C=O) groups is 1. The van der Waals surface area contributed by atoms with Crippen LogP contribution in [0.25, 0.3) is 0 Å². The number of carbonyl (C=O) groups excluding carboxylic acids is 1. The predicted molar refractivity (Wildman–Crippen MR) is 92.9 cm³/mol. The molecule has 0 radical (unpaired) electrons. The van der Waals surface area contributed by atoms with Gasteiger partial charge in [-0.2, -0.15) is 0 Å². The van der Waals surface area contributed by atoms with Crippen molar-refractivity contribution in [1.82, 2.24) is 5.32 Å². The highest BCUT2D eigenvalue weighted by atomic mass is 35.6. The van der Waals surface area contributed by atoms with E-state index in [1.54, 1.807) is 6.07 Å². The molecule has 0 bridgehead atoms. The van der Waals surface area contributed by atoms with Crippen LogP contribution in [0.3, 0.4) is 0 Å². The number of amides is 1. The van der Waals surface area contributed by atoms with Gasteiger partial charge in [-0.05, 0) is 11.4 Å². The van der Waals surface area contributed by atoms with Crippen molar-refractivity contribution < 1.29 is 9.69 Å². The first kappa shape index (κ1) is 17.6. The molecule has 3 nitrogen and oxygen atoms in total. The van der Waals surface area contributed by atoms with Gasteiger partial charge in [-0.25, -0.2) is 0 Å². The molecule has 2 rings (SSSR count). The summed E-state index contributed by atoms with van der Waals surface area (Å²) in [7, 11) is 1.88. The highest BCUT2D eigenvalue weighted by Gasteiger charge is 2.41. The first-order chi connectivity index (χ1) is 10.4. The van der Waals surface area contributed by atoms with E-state index >= 15 is 0 Å². The fourth-order valence-corrected chi connectivity index (χ4v) is 3.46. The van der Waals surface area contributed by atoms with Gasteiger partial charge in [0.2, 0.25) is 6.17 Å². The molecule has 0 spiro atoms. The molecule has 0 fully saturated rings. The van der Waals surface area contributed by atoms with Crippen LogP contribution in [0.5, 0.6) is 0 Å². The number of thiophene rings is 1. The Morgan fingerprint density at radius 2 is 1.91 bits per heavy atom. The largest absolute Gasteiger partial charge is 0.310 e. The van der Waals surface area contributed by atoms with E-state index in [0.29, 0.717) is 11.4 Å². The lowest BCUT2D eigenvalue weighted by Crippen LogP contribution is -3.15. The standard InChI is InChI=1S/C15H15Cl3N2OS/c1-20(10-11-6-3-2-4-7-11)14(15(16,17)18)19-13(21)12-8-5-9-22-12/h2-9,14H,10H2,1H3,(H,19,21)/p+1. The van der Waals surface area contributed by atoms with Crippen LogP contribution in [0.2, 0.25) is 0 Å². The van der Waals surface area contributed by atoms with E-state index in [9.17, 15) is 4.79 Å². The molecule has 1 aromatic heterocycles. The van der Waals surface area contributed by atoms with Gasteiger partial charge in [0.1, 0.15) is 6.54 Å². The molecule has 1 amide bonds. The van der Waals surface area contributed by atoms with Gasteiger partial charge < -0.3 is 4.90 Å². The second-order valence-corrected chi connectivity index (χ2v) is 8.25. The van der Waals surface area contributed by atoms with Crippen molar-refractivity contribution in [3.63, 3.8) is 0 Å². The normalized spacial score (nSPS) is 14.4. The van der Waals surface area contributed by atoms with Crippen molar-refractivity contribution in [1.29, 1.82) is 0 Å². The number of hydrogen-bond donors (Lipinski definition) is 2. The maximum absolute atomic E-state index is 12.2. The van der Waals surface area contributed by atoms with Crippen molar-refractivity contribution in [2.45, 2.75) is 16.5 Å². The Balaban J connectivity index is 2.10. The highest BCUT2D eigenvalue weighted by molar-refractivity contribution is 7.12. The number of rotatable bonds is 5. The maximum atomic E-state index is 12.2. The van der Waals surface area contributed by atoms with Crippen LogP contribution in [-0.2, 0) is 6.54 Å². The first-order valence-electron chi connectivity index (χ1n) is 6.65. The molecule has 2 atom stereocenters. The third-order valence-electron chi connectivity index (χ3n) is 3.17. The molecular weight excluding hydrogens is 363 g/mol. The topological polar surface area (TPSA) is 33.5 Å². The smallest absolute Gasteiger partial charge is 0.265 e. The molecule has 1 heterocycles. The summed E-state index contributed by atoms with van der Waals surface area (Å²) in [4.78, 5) is 13.7. The number of benzene rings is 1. The van der Waals surface area contributed by atoms with Crippen LogP contribution in [0, 0.1) is 0 Å². The summed E-state index contributed by atoms with van der Waals surface area (Å²) in [5, 5.41) is 4.65. The van der Waals surface area contributed by atoms with Crippen molar-refractivity contribution in [2.24, 2.45) is 0 Å². The zero-order valence-corrected chi connectivity index (χ0v) is 14.9. The van der Waals surface area contributed by atoms with Crippen LogP contribution >= 0.6 is 46.1 Å². The van der Waals surface area contributed by atoms with Crippen LogP contribution in [0.15, 0.2) is 47.8 Å². The Morgan fingerprint density at radius 3 is 2.45 bits per heavy atom. The zero-order chi connectivity index (χ0) is 16.2. The van der Waals surface area contributed by atoms with Crippen LogP contribution < -0.4 is 10.2 Å². The Labute approximate surface area is 148 Å². The van der Waals surface area contributed by atoms with Crippen molar-refractivity contribution in [2.75, 3.05) is 7.05 Å². The summed E-state index contributed by atoms with van der Waals surface area (Å²) in [6.07, 6.45) is -0.660. The molecule has 0 aliphatic carbocycles. The lowest BCUT2D eigenvalue weighted by molar-refractivity contribution is -0.921. The molecule has 22 heavy (non-hydrogen) atoms. The third-order valence-corrected chi connectivity index (χ3v) is 4.69. The number of halogens is 3. The van der Waals surface area contributed by atoms with Gasteiger partial charge >= 0.3 is 0 Å². The summed E-state index contributed by atoms with van der Waals surface area (Å²) < 4.78 is -1.61. The Kier molecular flexibility index (Phi) is 6.12. The van der Waals surface area contributed by atoms with Gasteiger partial charge in [0.25, 0.3) is 9.70 Å². The molecule has 7 heteroatoms. The lowest BCUT2D eigenvalue weighted by Gasteiger charge is -2.30.